The van der Waals surface area contributed by atoms with Crippen molar-refractivity contribution in [3.05, 3.63) is 41.6 Å². The van der Waals surface area contributed by atoms with Crippen molar-refractivity contribution in [2.24, 2.45) is 0 Å². The highest BCUT2D eigenvalue weighted by Crippen LogP contribution is 2.25. The second kappa shape index (κ2) is 6.29. The van der Waals surface area contributed by atoms with Crippen LogP contribution in [0.5, 0.6) is 0 Å². The number of aromatic nitrogens is 3. The monoisotopic (exact) mass is 327 g/mol. The van der Waals surface area contributed by atoms with Gasteiger partial charge in [-0.25, -0.2) is 9.97 Å². The Labute approximate surface area is 137 Å². The third-order valence-corrected chi connectivity index (χ3v) is 4.41. The fourth-order valence-corrected chi connectivity index (χ4v) is 3.23. The molecule has 0 aliphatic heterocycles. The molecule has 0 atom stereocenters. The van der Waals surface area contributed by atoms with E-state index >= 15 is 0 Å². The summed E-state index contributed by atoms with van der Waals surface area (Å²) in [6, 6.07) is 7.47. The largest absolute Gasteiger partial charge is 0.383 e. The van der Waals surface area contributed by atoms with Crippen LogP contribution in [-0.2, 0) is 6.42 Å². The fraction of sp³-hybridized carbons (Fsp3) is 0.188. The molecule has 0 fully saturated rings. The van der Waals surface area contributed by atoms with Gasteiger partial charge in [0.05, 0.1) is 5.75 Å². The lowest BCUT2D eigenvalue weighted by atomic mass is 10.1. The van der Waals surface area contributed by atoms with Crippen LogP contribution < -0.4 is 11.5 Å². The van der Waals surface area contributed by atoms with E-state index in [1.165, 1.54) is 23.4 Å². The van der Waals surface area contributed by atoms with Gasteiger partial charge in [-0.1, -0.05) is 36.9 Å². The minimum absolute atomic E-state index is 0.0131. The predicted molar refractivity (Wildman–Crippen MR) is 93.6 cm³/mol. The van der Waals surface area contributed by atoms with E-state index < -0.39 is 0 Å². The highest BCUT2D eigenvalue weighted by molar-refractivity contribution is 7.99. The number of hydrogen-bond acceptors (Lipinski definition) is 6. The average molecular weight is 327 g/mol. The van der Waals surface area contributed by atoms with Gasteiger partial charge in [-0.2, -0.15) is 0 Å². The SMILES string of the molecule is CCc1cccc2c(C(=O)CSc3nc(N)cc(N)n3)c[nH]c12. The normalized spacial score (nSPS) is 11.0. The van der Waals surface area contributed by atoms with Crippen LogP contribution in [0.15, 0.2) is 35.6 Å². The molecule has 0 saturated heterocycles. The Morgan fingerprint density at radius 1 is 1.26 bits per heavy atom. The van der Waals surface area contributed by atoms with E-state index in [-0.39, 0.29) is 11.5 Å². The molecule has 3 aromatic rings. The number of nitrogens with two attached hydrogens (primary N) is 2. The van der Waals surface area contributed by atoms with Crippen LogP contribution >= 0.6 is 11.8 Å². The number of ketones is 1. The molecule has 6 nitrogen and oxygen atoms in total. The van der Waals surface area contributed by atoms with Crippen molar-refractivity contribution in [1.82, 2.24) is 15.0 Å². The maximum Gasteiger partial charge on any atom is 0.191 e. The molecular formula is C16H17N5OS. The summed E-state index contributed by atoms with van der Waals surface area (Å²) in [7, 11) is 0. The number of nitrogen functional groups attached to an aromatic ring is 2. The number of nitrogens with one attached hydrogen (secondary N) is 1. The Hall–Kier alpha value is -2.54. The number of rotatable bonds is 5. The summed E-state index contributed by atoms with van der Waals surface area (Å²) in [6.07, 6.45) is 2.68. The molecule has 2 aromatic heterocycles. The summed E-state index contributed by atoms with van der Waals surface area (Å²) in [5, 5.41) is 1.35. The van der Waals surface area contributed by atoms with E-state index in [1.807, 2.05) is 12.1 Å². The number of H-pyrrole nitrogens is 1. The minimum Gasteiger partial charge on any atom is -0.383 e. The molecule has 118 valence electrons. The number of para-hydroxylation sites is 1. The van der Waals surface area contributed by atoms with E-state index in [4.69, 9.17) is 11.5 Å². The van der Waals surface area contributed by atoms with Gasteiger partial charge in [0.15, 0.2) is 10.9 Å². The first-order valence-electron chi connectivity index (χ1n) is 7.23. The molecule has 0 bridgehead atoms. The standard InChI is InChI=1S/C16H17N5OS/c1-2-9-4-3-5-10-11(7-19-15(9)10)12(22)8-23-16-20-13(17)6-14(18)21-16/h3-7,19H,2,8H2,1H3,(H4,17,18,20,21). The summed E-state index contributed by atoms with van der Waals surface area (Å²) in [5.74, 6) is 0.838. The number of aryl methyl sites for hydroxylation is 1. The summed E-state index contributed by atoms with van der Waals surface area (Å²) in [4.78, 5) is 23.8. The quantitative estimate of drug-likeness (QED) is 0.377. The molecule has 5 N–H and O–H groups in total. The van der Waals surface area contributed by atoms with Crippen LogP contribution in [0.3, 0.4) is 0 Å². The minimum atomic E-state index is 0.0131. The van der Waals surface area contributed by atoms with Crippen molar-refractivity contribution >= 4 is 40.1 Å². The molecule has 0 saturated carbocycles. The number of benzene rings is 1. The van der Waals surface area contributed by atoms with Crippen molar-refractivity contribution in [2.45, 2.75) is 18.5 Å². The zero-order chi connectivity index (χ0) is 16.4. The van der Waals surface area contributed by atoms with Gasteiger partial charge in [-0.05, 0) is 12.0 Å². The maximum atomic E-state index is 12.5. The smallest absolute Gasteiger partial charge is 0.191 e. The molecule has 0 aliphatic carbocycles. The van der Waals surface area contributed by atoms with Crippen LogP contribution in [-0.4, -0.2) is 26.5 Å². The predicted octanol–water partition coefficient (Wildman–Crippen LogP) is 2.66. The Morgan fingerprint density at radius 2 is 2.00 bits per heavy atom. The Kier molecular flexibility index (Phi) is 4.20. The second-order valence-electron chi connectivity index (χ2n) is 5.11. The fourth-order valence-electron chi connectivity index (χ4n) is 2.48. The molecule has 0 amide bonds. The number of thioether (sulfide) groups is 1. The topological polar surface area (TPSA) is 111 Å². The summed E-state index contributed by atoms with van der Waals surface area (Å²) in [5.41, 5.74) is 14.2. The highest BCUT2D eigenvalue weighted by Gasteiger charge is 2.14. The van der Waals surface area contributed by atoms with Crippen LogP contribution in [0.4, 0.5) is 11.6 Å². The lowest BCUT2D eigenvalue weighted by Gasteiger charge is -2.03. The number of aromatic amines is 1. The first-order chi connectivity index (χ1) is 11.1. The average Bonchev–Trinajstić information content (AvgIpc) is 2.95. The van der Waals surface area contributed by atoms with Crippen LogP contribution in [0.2, 0.25) is 0 Å². The van der Waals surface area contributed by atoms with Gasteiger partial charge in [-0.15, -0.1) is 0 Å². The molecule has 0 unspecified atom stereocenters. The number of Topliss-reactive ketones (excluding diaryl/α,β-unsaturated/α-hetero) is 1. The zero-order valence-corrected chi connectivity index (χ0v) is 13.5. The number of hydrogen-bond donors (Lipinski definition) is 3. The highest BCUT2D eigenvalue weighted by atomic mass is 32.2. The van der Waals surface area contributed by atoms with Gasteiger partial charge in [0.2, 0.25) is 0 Å². The van der Waals surface area contributed by atoms with E-state index in [0.717, 1.165) is 17.3 Å². The Bertz CT molecular complexity index is 854. The molecule has 3 rings (SSSR count). The van der Waals surface area contributed by atoms with Crippen molar-refractivity contribution in [2.75, 3.05) is 17.2 Å². The number of nitrogens with zero attached hydrogens (tertiary/aromatic N) is 2. The lowest BCUT2D eigenvalue weighted by Crippen LogP contribution is -2.04. The Balaban J connectivity index is 1.81. The first-order valence-corrected chi connectivity index (χ1v) is 8.22. The molecule has 0 radical (unpaired) electrons. The number of carbonyl (C=O) groups is 1. The number of anilines is 2. The first kappa shape index (κ1) is 15.4. The number of carbonyl (C=O) groups excluding carboxylic acids is 1. The van der Waals surface area contributed by atoms with Gasteiger partial charge >= 0.3 is 0 Å². The molecule has 23 heavy (non-hydrogen) atoms. The third-order valence-electron chi connectivity index (χ3n) is 3.56. The molecule has 1 aromatic carbocycles. The van der Waals surface area contributed by atoms with Gasteiger partial charge in [0, 0.05) is 28.7 Å². The van der Waals surface area contributed by atoms with E-state index in [9.17, 15) is 4.79 Å². The van der Waals surface area contributed by atoms with Crippen molar-refractivity contribution in [1.29, 1.82) is 0 Å². The Morgan fingerprint density at radius 3 is 2.70 bits per heavy atom. The third kappa shape index (κ3) is 3.14. The molecular weight excluding hydrogens is 310 g/mol. The van der Waals surface area contributed by atoms with Crippen LogP contribution in [0.25, 0.3) is 10.9 Å². The molecule has 2 heterocycles. The van der Waals surface area contributed by atoms with Gasteiger partial charge in [0.25, 0.3) is 0 Å². The van der Waals surface area contributed by atoms with Gasteiger partial charge < -0.3 is 16.5 Å². The van der Waals surface area contributed by atoms with Crippen molar-refractivity contribution in [3.8, 4) is 0 Å². The van der Waals surface area contributed by atoms with Crippen LogP contribution in [0.1, 0.15) is 22.8 Å². The lowest BCUT2D eigenvalue weighted by molar-refractivity contribution is 0.102. The van der Waals surface area contributed by atoms with Gasteiger partial charge in [0.1, 0.15) is 11.6 Å². The molecule has 0 spiro atoms. The van der Waals surface area contributed by atoms with E-state index in [0.29, 0.717) is 22.4 Å². The number of fused-ring (bicyclic) bond motifs is 1. The van der Waals surface area contributed by atoms with E-state index in [2.05, 4.69) is 27.9 Å². The van der Waals surface area contributed by atoms with Crippen molar-refractivity contribution < 1.29 is 4.79 Å². The zero-order valence-electron chi connectivity index (χ0n) is 12.7. The summed E-state index contributed by atoms with van der Waals surface area (Å²) in [6.45, 7) is 2.09. The van der Waals surface area contributed by atoms with Crippen molar-refractivity contribution in [3.63, 3.8) is 0 Å². The molecule has 0 aliphatic rings. The molecule has 7 heteroatoms. The van der Waals surface area contributed by atoms with E-state index in [1.54, 1.807) is 6.20 Å². The summed E-state index contributed by atoms with van der Waals surface area (Å²) < 4.78 is 0. The second-order valence-corrected chi connectivity index (χ2v) is 6.05. The summed E-state index contributed by atoms with van der Waals surface area (Å²) >= 11 is 1.23. The van der Waals surface area contributed by atoms with Crippen LogP contribution in [0, 0.1) is 0 Å². The van der Waals surface area contributed by atoms with Gasteiger partial charge in [-0.3, -0.25) is 4.79 Å². The maximum absolute atomic E-state index is 12.5.